The summed E-state index contributed by atoms with van der Waals surface area (Å²) in [7, 11) is -3.48. The Morgan fingerprint density at radius 1 is 1.06 bits per heavy atom. The molecule has 0 amide bonds. The van der Waals surface area contributed by atoms with E-state index in [9.17, 15) is 13.5 Å². The molecule has 0 unspecified atom stereocenters. The van der Waals surface area contributed by atoms with E-state index in [4.69, 9.17) is 0 Å². The van der Waals surface area contributed by atoms with Gasteiger partial charge in [0.1, 0.15) is 10.6 Å². The van der Waals surface area contributed by atoms with Gasteiger partial charge in [-0.15, -0.1) is 0 Å². The minimum absolute atomic E-state index is 0.0330. The SMILES string of the molecule is CC(C)S(=O)(=O)c1c(O)ccc2ccccc12. The molecule has 0 bridgehead atoms. The van der Waals surface area contributed by atoms with Gasteiger partial charge >= 0.3 is 0 Å². The average molecular weight is 250 g/mol. The van der Waals surface area contributed by atoms with Crippen LogP contribution in [0.15, 0.2) is 41.3 Å². The van der Waals surface area contributed by atoms with Crippen molar-refractivity contribution in [3.8, 4) is 5.75 Å². The van der Waals surface area contributed by atoms with Gasteiger partial charge in [-0.2, -0.15) is 0 Å². The van der Waals surface area contributed by atoms with Crippen LogP contribution in [0.5, 0.6) is 5.75 Å². The summed E-state index contributed by atoms with van der Waals surface area (Å²) in [6.45, 7) is 3.22. The van der Waals surface area contributed by atoms with Gasteiger partial charge in [0, 0.05) is 5.39 Å². The first-order valence-electron chi connectivity index (χ1n) is 5.39. The van der Waals surface area contributed by atoms with Gasteiger partial charge in [-0.3, -0.25) is 0 Å². The van der Waals surface area contributed by atoms with E-state index in [0.717, 1.165) is 5.39 Å². The van der Waals surface area contributed by atoms with Crippen LogP contribution in [0.1, 0.15) is 13.8 Å². The molecule has 0 fully saturated rings. The average Bonchev–Trinajstić information content (AvgIpc) is 2.28. The van der Waals surface area contributed by atoms with Gasteiger partial charge in [-0.25, -0.2) is 8.42 Å². The number of phenols is 1. The lowest BCUT2D eigenvalue weighted by molar-refractivity contribution is 0.460. The molecule has 2 rings (SSSR count). The second-order valence-electron chi connectivity index (χ2n) is 4.23. The second-order valence-corrected chi connectivity index (χ2v) is 6.67. The Kier molecular flexibility index (Phi) is 2.83. The fourth-order valence-electron chi connectivity index (χ4n) is 1.77. The molecule has 0 saturated heterocycles. The van der Waals surface area contributed by atoms with Crippen molar-refractivity contribution in [2.24, 2.45) is 0 Å². The summed E-state index contributed by atoms with van der Waals surface area (Å²) in [4.78, 5) is 0.0330. The molecule has 2 aromatic carbocycles. The molecule has 3 nitrogen and oxygen atoms in total. The molecule has 2 aromatic rings. The fourth-order valence-corrected chi connectivity index (χ4v) is 3.09. The van der Waals surface area contributed by atoms with E-state index < -0.39 is 15.1 Å². The van der Waals surface area contributed by atoms with Crippen molar-refractivity contribution in [2.45, 2.75) is 24.0 Å². The van der Waals surface area contributed by atoms with E-state index in [1.807, 2.05) is 12.1 Å². The lowest BCUT2D eigenvalue weighted by Crippen LogP contribution is -2.14. The molecule has 17 heavy (non-hydrogen) atoms. The molecule has 1 N–H and O–H groups in total. The number of hydrogen-bond donors (Lipinski definition) is 1. The van der Waals surface area contributed by atoms with E-state index in [1.165, 1.54) is 6.07 Å². The van der Waals surface area contributed by atoms with Crippen molar-refractivity contribution in [1.29, 1.82) is 0 Å². The van der Waals surface area contributed by atoms with E-state index in [2.05, 4.69) is 0 Å². The molecule has 0 saturated carbocycles. The van der Waals surface area contributed by atoms with Crippen molar-refractivity contribution in [1.82, 2.24) is 0 Å². The van der Waals surface area contributed by atoms with Crippen LogP contribution in [0.4, 0.5) is 0 Å². The zero-order chi connectivity index (χ0) is 12.6. The third kappa shape index (κ3) is 1.89. The standard InChI is InChI=1S/C13H14O3S/c1-9(2)17(15,16)13-11-6-4-3-5-10(11)7-8-12(13)14/h3-9,14H,1-2H3. The number of hydrogen-bond acceptors (Lipinski definition) is 3. The predicted octanol–water partition coefficient (Wildman–Crippen LogP) is 2.73. The van der Waals surface area contributed by atoms with Gasteiger partial charge in [-0.1, -0.05) is 30.3 Å². The van der Waals surface area contributed by atoms with Gasteiger partial charge in [0.25, 0.3) is 0 Å². The Balaban J connectivity index is 2.90. The second kappa shape index (κ2) is 4.04. The van der Waals surface area contributed by atoms with E-state index >= 15 is 0 Å². The fraction of sp³-hybridized carbons (Fsp3) is 0.231. The van der Waals surface area contributed by atoms with Crippen LogP contribution >= 0.6 is 0 Å². The maximum Gasteiger partial charge on any atom is 0.184 e. The number of benzene rings is 2. The van der Waals surface area contributed by atoms with Crippen LogP contribution in [0.2, 0.25) is 0 Å². The first kappa shape index (κ1) is 11.9. The Morgan fingerprint density at radius 2 is 1.71 bits per heavy atom. The maximum atomic E-state index is 12.2. The summed E-state index contributed by atoms with van der Waals surface area (Å²) in [5.41, 5.74) is 0. The summed E-state index contributed by atoms with van der Waals surface area (Å²) in [5, 5.41) is 10.6. The summed E-state index contributed by atoms with van der Waals surface area (Å²) in [5.74, 6) is -0.183. The first-order chi connectivity index (χ1) is 7.94. The normalized spacial score (nSPS) is 12.2. The van der Waals surface area contributed by atoms with Gasteiger partial charge < -0.3 is 5.11 Å². The third-order valence-electron chi connectivity index (χ3n) is 2.76. The molecule has 0 aliphatic rings. The molecule has 0 spiro atoms. The molecular formula is C13H14O3S. The Morgan fingerprint density at radius 3 is 2.35 bits per heavy atom. The van der Waals surface area contributed by atoms with Crippen molar-refractivity contribution in [3.63, 3.8) is 0 Å². The highest BCUT2D eigenvalue weighted by atomic mass is 32.2. The van der Waals surface area contributed by atoms with Crippen molar-refractivity contribution >= 4 is 20.6 Å². The monoisotopic (exact) mass is 250 g/mol. The summed E-state index contributed by atoms with van der Waals surface area (Å²) >= 11 is 0. The molecule has 0 heterocycles. The van der Waals surface area contributed by atoms with Gasteiger partial charge in [-0.05, 0) is 25.3 Å². The van der Waals surface area contributed by atoms with Crippen LogP contribution in [-0.2, 0) is 9.84 Å². The highest BCUT2D eigenvalue weighted by molar-refractivity contribution is 7.92. The van der Waals surface area contributed by atoms with Gasteiger partial charge in [0.05, 0.1) is 5.25 Å². The van der Waals surface area contributed by atoms with Gasteiger partial charge in [0.2, 0.25) is 0 Å². The molecule has 0 atom stereocenters. The molecule has 4 heteroatoms. The number of rotatable bonds is 2. The summed E-state index contributed by atoms with van der Waals surface area (Å²) in [6, 6.07) is 10.3. The number of aromatic hydroxyl groups is 1. The van der Waals surface area contributed by atoms with Crippen molar-refractivity contribution < 1.29 is 13.5 Å². The Bertz CT molecular complexity index is 657. The van der Waals surface area contributed by atoms with Crippen LogP contribution in [0.25, 0.3) is 10.8 Å². The molecule has 0 aliphatic carbocycles. The smallest absolute Gasteiger partial charge is 0.184 e. The van der Waals surface area contributed by atoms with Crippen molar-refractivity contribution in [3.05, 3.63) is 36.4 Å². The largest absolute Gasteiger partial charge is 0.507 e. The van der Waals surface area contributed by atoms with Crippen LogP contribution in [0, 0.1) is 0 Å². The Hall–Kier alpha value is -1.55. The van der Waals surface area contributed by atoms with Crippen LogP contribution < -0.4 is 0 Å². The molecule has 90 valence electrons. The van der Waals surface area contributed by atoms with E-state index in [1.54, 1.807) is 32.0 Å². The maximum absolute atomic E-state index is 12.2. The predicted molar refractivity (Wildman–Crippen MR) is 67.9 cm³/mol. The molecule has 0 aliphatic heterocycles. The highest BCUT2D eigenvalue weighted by Crippen LogP contribution is 2.33. The number of phenolic OH excluding ortho intramolecular Hbond substituents is 1. The zero-order valence-electron chi connectivity index (χ0n) is 9.71. The lowest BCUT2D eigenvalue weighted by atomic mass is 10.1. The summed E-state index contributed by atoms with van der Waals surface area (Å²) in [6.07, 6.45) is 0. The van der Waals surface area contributed by atoms with Crippen LogP contribution in [0.3, 0.4) is 0 Å². The number of fused-ring (bicyclic) bond motifs is 1. The first-order valence-corrected chi connectivity index (χ1v) is 6.94. The quantitative estimate of drug-likeness (QED) is 0.891. The summed E-state index contributed by atoms with van der Waals surface area (Å²) < 4.78 is 24.4. The van der Waals surface area contributed by atoms with Crippen LogP contribution in [-0.4, -0.2) is 18.8 Å². The number of sulfone groups is 1. The zero-order valence-corrected chi connectivity index (χ0v) is 10.5. The van der Waals surface area contributed by atoms with Crippen molar-refractivity contribution in [2.75, 3.05) is 0 Å². The lowest BCUT2D eigenvalue weighted by Gasteiger charge is -2.12. The minimum Gasteiger partial charge on any atom is -0.507 e. The molecular weight excluding hydrogens is 236 g/mol. The Labute approximate surface area is 101 Å². The third-order valence-corrected chi connectivity index (χ3v) is 5.00. The molecule has 0 radical (unpaired) electrons. The van der Waals surface area contributed by atoms with Gasteiger partial charge in [0.15, 0.2) is 9.84 Å². The van der Waals surface area contributed by atoms with E-state index in [0.29, 0.717) is 5.39 Å². The highest BCUT2D eigenvalue weighted by Gasteiger charge is 2.25. The van der Waals surface area contributed by atoms with E-state index in [-0.39, 0.29) is 10.6 Å². The molecule has 0 aromatic heterocycles. The topological polar surface area (TPSA) is 54.4 Å². The minimum atomic E-state index is -3.48.